The van der Waals surface area contributed by atoms with E-state index in [0.29, 0.717) is 17.2 Å². The first-order valence-electron chi connectivity index (χ1n) is 10.4. The summed E-state index contributed by atoms with van der Waals surface area (Å²) >= 11 is 0. The van der Waals surface area contributed by atoms with E-state index in [9.17, 15) is 9.18 Å². The lowest BCUT2D eigenvalue weighted by Gasteiger charge is -2.12. The van der Waals surface area contributed by atoms with Crippen molar-refractivity contribution in [2.75, 3.05) is 33.8 Å². The molecule has 0 aromatic heterocycles. The van der Waals surface area contributed by atoms with E-state index in [2.05, 4.69) is 5.32 Å². The van der Waals surface area contributed by atoms with Crippen molar-refractivity contribution < 1.29 is 28.1 Å². The molecule has 0 amide bonds. The summed E-state index contributed by atoms with van der Waals surface area (Å²) in [6.07, 6.45) is 6.74. The van der Waals surface area contributed by atoms with E-state index < -0.39 is 5.82 Å². The number of methoxy groups -OCH3 is 4. The molecule has 0 aliphatic heterocycles. The predicted molar refractivity (Wildman–Crippen MR) is 132 cm³/mol. The number of ketones is 1. The summed E-state index contributed by atoms with van der Waals surface area (Å²) in [7, 11) is 6.08. The van der Waals surface area contributed by atoms with Crippen LogP contribution in [-0.4, -0.2) is 34.2 Å². The first kappa shape index (κ1) is 24.4. The van der Waals surface area contributed by atoms with Crippen LogP contribution in [0.3, 0.4) is 0 Å². The van der Waals surface area contributed by atoms with Crippen molar-refractivity contribution in [1.82, 2.24) is 0 Å². The van der Waals surface area contributed by atoms with Gasteiger partial charge in [-0.2, -0.15) is 0 Å². The second kappa shape index (κ2) is 11.6. The van der Waals surface area contributed by atoms with Crippen molar-refractivity contribution in [3.05, 3.63) is 89.4 Å². The lowest BCUT2D eigenvalue weighted by atomic mass is 10.1. The maximum absolute atomic E-state index is 13.8. The molecular weight excluding hydrogens is 437 g/mol. The molecule has 6 nitrogen and oxygen atoms in total. The summed E-state index contributed by atoms with van der Waals surface area (Å²) in [6, 6.07) is 15.5. The first-order valence-corrected chi connectivity index (χ1v) is 10.4. The van der Waals surface area contributed by atoms with Gasteiger partial charge in [0.05, 0.1) is 28.4 Å². The number of allylic oxidation sites excluding steroid dienone is 1. The van der Waals surface area contributed by atoms with Gasteiger partial charge in [0.25, 0.3) is 0 Å². The minimum Gasteiger partial charge on any atom is -0.494 e. The third-order valence-corrected chi connectivity index (χ3v) is 4.96. The molecule has 176 valence electrons. The highest BCUT2D eigenvalue weighted by atomic mass is 19.1. The van der Waals surface area contributed by atoms with E-state index in [1.807, 2.05) is 48.6 Å². The summed E-state index contributed by atoms with van der Waals surface area (Å²) in [5.41, 5.74) is 2.84. The Kier molecular flexibility index (Phi) is 8.29. The number of nitrogens with one attached hydrogen (secondary N) is 1. The van der Waals surface area contributed by atoms with Gasteiger partial charge in [-0.1, -0.05) is 24.3 Å². The Morgan fingerprint density at radius 2 is 1.47 bits per heavy atom. The lowest BCUT2D eigenvalue weighted by molar-refractivity contribution is 0.104. The number of ether oxygens (including phenoxy) is 4. The van der Waals surface area contributed by atoms with Crippen LogP contribution in [0.15, 0.2) is 66.9 Å². The highest BCUT2D eigenvalue weighted by molar-refractivity contribution is 6.04. The molecule has 0 aliphatic rings. The Morgan fingerprint density at radius 1 is 0.794 bits per heavy atom. The highest BCUT2D eigenvalue weighted by Gasteiger charge is 2.12. The van der Waals surface area contributed by atoms with Crippen LogP contribution < -0.4 is 24.3 Å². The molecule has 0 spiro atoms. The molecule has 0 aliphatic carbocycles. The number of benzene rings is 3. The second-order valence-corrected chi connectivity index (χ2v) is 7.11. The fraction of sp³-hybridized carbons (Fsp3) is 0.148. The molecule has 3 aromatic carbocycles. The zero-order chi connectivity index (χ0) is 24.5. The molecule has 34 heavy (non-hydrogen) atoms. The van der Waals surface area contributed by atoms with Crippen LogP contribution in [0, 0.1) is 5.82 Å². The summed E-state index contributed by atoms with van der Waals surface area (Å²) in [5, 5.41) is 3.06. The fourth-order valence-corrected chi connectivity index (χ4v) is 3.25. The Morgan fingerprint density at radius 3 is 2.09 bits per heavy atom. The average molecular weight is 464 g/mol. The molecule has 3 rings (SSSR count). The minimum atomic E-state index is -0.582. The van der Waals surface area contributed by atoms with Crippen molar-refractivity contribution in [2.24, 2.45) is 0 Å². The van der Waals surface area contributed by atoms with Gasteiger partial charge in [0.1, 0.15) is 0 Å². The van der Waals surface area contributed by atoms with Crippen molar-refractivity contribution in [3.8, 4) is 23.0 Å². The van der Waals surface area contributed by atoms with Gasteiger partial charge >= 0.3 is 0 Å². The molecule has 0 saturated heterocycles. The molecule has 0 radical (unpaired) electrons. The van der Waals surface area contributed by atoms with Gasteiger partial charge in [-0.05, 0) is 53.6 Å². The predicted octanol–water partition coefficient (Wildman–Crippen LogP) is 5.84. The van der Waals surface area contributed by atoms with Gasteiger partial charge in [0, 0.05) is 23.5 Å². The molecule has 0 fully saturated rings. The van der Waals surface area contributed by atoms with Gasteiger partial charge in [0.15, 0.2) is 28.8 Å². The van der Waals surface area contributed by atoms with Crippen molar-refractivity contribution in [1.29, 1.82) is 0 Å². The number of anilines is 1. The Bertz CT molecular complexity index is 1190. The topological polar surface area (TPSA) is 66.0 Å². The first-order chi connectivity index (χ1) is 16.5. The van der Waals surface area contributed by atoms with Crippen LogP contribution in [0.25, 0.3) is 12.2 Å². The third-order valence-electron chi connectivity index (χ3n) is 4.96. The van der Waals surface area contributed by atoms with Gasteiger partial charge in [-0.15, -0.1) is 0 Å². The Hall–Kier alpha value is -4.26. The van der Waals surface area contributed by atoms with Crippen molar-refractivity contribution in [2.45, 2.75) is 0 Å². The van der Waals surface area contributed by atoms with E-state index in [0.717, 1.165) is 22.9 Å². The molecule has 0 saturated carbocycles. The van der Waals surface area contributed by atoms with Crippen LogP contribution >= 0.6 is 0 Å². The molecule has 7 heteroatoms. The summed E-state index contributed by atoms with van der Waals surface area (Å²) in [6.45, 7) is 0. The van der Waals surface area contributed by atoms with E-state index in [1.165, 1.54) is 31.5 Å². The number of hydrogen-bond donors (Lipinski definition) is 1. The van der Waals surface area contributed by atoms with Crippen LogP contribution in [0.2, 0.25) is 0 Å². The average Bonchev–Trinajstić information content (AvgIpc) is 2.86. The third kappa shape index (κ3) is 5.95. The highest BCUT2D eigenvalue weighted by Crippen LogP contribution is 2.38. The van der Waals surface area contributed by atoms with Gasteiger partial charge in [-0.3, -0.25) is 4.79 Å². The normalized spacial score (nSPS) is 11.0. The molecule has 3 aromatic rings. The molecule has 0 bridgehead atoms. The number of rotatable bonds is 10. The van der Waals surface area contributed by atoms with Gasteiger partial charge < -0.3 is 24.3 Å². The fourth-order valence-electron chi connectivity index (χ4n) is 3.25. The van der Waals surface area contributed by atoms with E-state index in [1.54, 1.807) is 21.3 Å². The quantitative estimate of drug-likeness (QED) is 0.232. The lowest BCUT2D eigenvalue weighted by Crippen LogP contribution is -1.98. The largest absolute Gasteiger partial charge is 0.494 e. The van der Waals surface area contributed by atoms with Crippen LogP contribution in [0.1, 0.15) is 21.5 Å². The number of hydrogen-bond acceptors (Lipinski definition) is 6. The maximum atomic E-state index is 13.8. The van der Waals surface area contributed by atoms with E-state index >= 15 is 0 Å². The second-order valence-electron chi connectivity index (χ2n) is 7.11. The van der Waals surface area contributed by atoms with Crippen molar-refractivity contribution >= 4 is 23.6 Å². The van der Waals surface area contributed by atoms with E-state index in [-0.39, 0.29) is 17.1 Å². The molecule has 1 N–H and O–H groups in total. The van der Waals surface area contributed by atoms with Gasteiger partial charge in [0.2, 0.25) is 5.75 Å². The zero-order valence-electron chi connectivity index (χ0n) is 19.4. The summed E-state index contributed by atoms with van der Waals surface area (Å²) < 4.78 is 34.8. The Labute approximate surface area is 198 Å². The SMILES string of the molecule is COc1ccc(C(=O)/C=C\Nc2cccc(C=Cc3cc(OC)c(OC)c(OC)c3)c2)cc1F. The monoisotopic (exact) mass is 463 g/mol. The van der Waals surface area contributed by atoms with Crippen LogP contribution in [-0.2, 0) is 0 Å². The van der Waals surface area contributed by atoms with Crippen molar-refractivity contribution in [3.63, 3.8) is 0 Å². The van der Waals surface area contributed by atoms with Gasteiger partial charge in [-0.25, -0.2) is 4.39 Å². The summed E-state index contributed by atoms with van der Waals surface area (Å²) in [4.78, 5) is 12.3. The van der Waals surface area contributed by atoms with E-state index in [4.69, 9.17) is 18.9 Å². The zero-order valence-corrected chi connectivity index (χ0v) is 19.4. The smallest absolute Gasteiger partial charge is 0.203 e. The standard InChI is InChI=1S/C27H26FNO5/c1-31-24-11-10-20(17-22(24)28)23(30)12-13-29-21-7-5-6-18(14-21)8-9-19-15-25(32-2)27(34-4)26(16-19)33-3/h5-17,29H,1-4H3/b9-8?,13-12-. The molecule has 0 unspecified atom stereocenters. The van der Waals surface area contributed by atoms with Crippen LogP contribution in [0.4, 0.5) is 10.1 Å². The minimum absolute atomic E-state index is 0.0926. The number of carbonyl (C=O) groups is 1. The molecule has 0 atom stereocenters. The number of halogens is 1. The van der Waals surface area contributed by atoms with Crippen LogP contribution in [0.5, 0.6) is 23.0 Å². The summed E-state index contributed by atoms with van der Waals surface area (Å²) in [5.74, 6) is 0.864. The molecule has 0 heterocycles. The number of carbonyl (C=O) groups excluding carboxylic acids is 1. The maximum Gasteiger partial charge on any atom is 0.203 e. The Balaban J connectivity index is 1.70. The molecular formula is C27H26FNO5.